The molecule has 4 aromatic rings. The highest BCUT2D eigenvalue weighted by Gasteiger charge is 2.44. The van der Waals surface area contributed by atoms with E-state index in [1.54, 1.807) is 18.3 Å². The van der Waals surface area contributed by atoms with E-state index in [0.29, 0.717) is 40.8 Å². The number of nitrogens with zero attached hydrogens (tertiary/aromatic N) is 6. The minimum absolute atomic E-state index is 0.0662. The van der Waals surface area contributed by atoms with Crippen LogP contribution in [0.15, 0.2) is 53.2 Å². The predicted molar refractivity (Wildman–Crippen MR) is 158 cm³/mol. The van der Waals surface area contributed by atoms with Crippen molar-refractivity contribution in [2.24, 2.45) is 0 Å². The summed E-state index contributed by atoms with van der Waals surface area (Å²) in [5, 5.41) is 21.3. The molecule has 2 bridgehead atoms. The fourth-order valence-corrected chi connectivity index (χ4v) is 6.26. The van der Waals surface area contributed by atoms with E-state index in [0.717, 1.165) is 50.3 Å². The molecule has 3 N–H and O–H groups in total. The van der Waals surface area contributed by atoms with Crippen molar-refractivity contribution in [2.75, 3.05) is 36.9 Å². The number of piperidine rings is 3. The highest BCUT2D eigenvalue weighted by molar-refractivity contribution is 5.92. The first-order valence-electron chi connectivity index (χ1n) is 14.7. The van der Waals surface area contributed by atoms with Gasteiger partial charge in [0.05, 0.1) is 23.9 Å². The molecule has 3 fully saturated rings. The lowest BCUT2D eigenvalue weighted by atomic mass is 9.71. The molecule has 0 amide bonds. The third-order valence-electron chi connectivity index (χ3n) is 8.73. The van der Waals surface area contributed by atoms with Crippen molar-refractivity contribution in [3.63, 3.8) is 0 Å². The van der Waals surface area contributed by atoms with Crippen LogP contribution in [0.4, 0.5) is 17.6 Å². The van der Waals surface area contributed by atoms with Gasteiger partial charge >= 0.3 is 5.97 Å². The molecular formula is C31H34N8O4. The third kappa shape index (κ3) is 5.32. The summed E-state index contributed by atoms with van der Waals surface area (Å²) in [6.45, 7) is 6.70. The van der Waals surface area contributed by atoms with Gasteiger partial charge in [-0.2, -0.15) is 9.97 Å². The first-order chi connectivity index (χ1) is 20.8. The summed E-state index contributed by atoms with van der Waals surface area (Å²) in [5.41, 5.74) is 1.83. The van der Waals surface area contributed by atoms with Gasteiger partial charge in [0.25, 0.3) is 5.89 Å². The molecule has 12 nitrogen and oxygen atoms in total. The smallest absolute Gasteiger partial charge is 0.340 e. The van der Waals surface area contributed by atoms with E-state index in [2.05, 4.69) is 30.7 Å². The largest absolute Gasteiger partial charge is 0.456 e. The van der Waals surface area contributed by atoms with Gasteiger partial charge in [0.2, 0.25) is 5.95 Å². The molecule has 4 aliphatic heterocycles. The van der Waals surface area contributed by atoms with Gasteiger partial charge in [0, 0.05) is 18.0 Å². The number of aliphatic hydroxyl groups is 1. The van der Waals surface area contributed by atoms with Crippen LogP contribution < -0.4 is 10.6 Å². The van der Waals surface area contributed by atoms with Crippen molar-refractivity contribution in [3.8, 4) is 11.5 Å². The zero-order chi connectivity index (χ0) is 29.6. The molecule has 0 aliphatic carbocycles. The Labute approximate surface area is 248 Å². The maximum Gasteiger partial charge on any atom is 0.340 e. The number of benzene rings is 1. The molecule has 4 aliphatic rings. The highest BCUT2D eigenvalue weighted by atomic mass is 16.6. The lowest BCUT2D eigenvalue weighted by Crippen LogP contribution is -2.51. The van der Waals surface area contributed by atoms with Gasteiger partial charge in [0.1, 0.15) is 22.8 Å². The number of hydrogen-bond donors (Lipinski definition) is 3. The summed E-state index contributed by atoms with van der Waals surface area (Å²) in [4.78, 5) is 33.8. The van der Waals surface area contributed by atoms with Gasteiger partial charge in [-0.05, 0) is 70.4 Å². The Morgan fingerprint density at radius 1 is 1.00 bits per heavy atom. The van der Waals surface area contributed by atoms with Crippen molar-refractivity contribution < 1.29 is 19.2 Å². The molecule has 0 saturated carbocycles. The number of anilines is 3. The number of cyclic esters (lactones) is 1. The van der Waals surface area contributed by atoms with E-state index in [4.69, 9.17) is 19.2 Å². The molecule has 12 heteroatoms. The van der Waals surface area contributed by atoms with E-state index in [9.17, 15) is 9.90 Å². The second-order valence-corrected chi connectivity index (χ2v) is 12.2. The average Bonchev–Trinajstić information content (AvgIpc) is 3.52. The molecule has 222 valence electrons. The van der Waals surface area contributed by atoms with Crippen molar-refractivity contribution in [2.45, 2.75) is 56.6 Å². The number of aliphatic hydroxyl groups excluding tert-OH is 1. The fourth-order valence-electron chi connectivity index (χ4n) is 6.26. The van der Waals surface area contributed by atoms with Crippen molar-refractivity contribution in [3.05, 3.63) is 71.3 Å². The fraction of sp³-hybridized carbons (Fsp3) is 0.419. The summed E-state index contributed by atoms with van der Waals surface area (Å²) in [5.74, 6) is 1.87. The molecule has 0 unspecified atom stereocenters. The highest BCUT2D eigenvalue weighted by Crippen LogP contribution is 2.42. The summed E-state index contributed by atoms with van der Waals surface area (Å²) in [7, 11) is 0. The average molecular weight is 583 g/mol. The number of aromatic nitrogens is 5. The molecule has 0 radical (unpaired) electrons. The Kier molecular flexibility index (Phi) is 6.82. The summed E-state index contributed by atoms with van der Waals surface area (Å²) >= 11 is 0. The topological polar surface area (TPSA) is 151 Å². The van der Waals surface area contributed by atoms with Crippen LogP contribution in [0.3, 0.4) is 0 Å². The van der Waals surface area contributed by atoms with Crippen molar-refractivity contribution >= 4 is 23.6 Å². The van der Waals surface area contributed by atoms with E-state index in [-0.39, 0.29) is 23.9 Å². The van der Waals surface area contributed by atoms with E-state index in [1.807, 2.05) is 44.2 Å². The number of nitrogens with one attached hydrogen (secondary N) is 2. The molecular weight excluding hydrogens is 548 g/mol. The molecule has 1 atom stereocenters. The monoisotopic (exact) mass is 582 g/mol. The first kappa shape index (κ1) is 27.4. The van der Waals surface area contributed by atoms with E-state index >= 15 is 0 Å². The van der Waals surface area contributed by atoms with Gasteiger partial charge < -0.3 is 29.9 Å². The Balaban J connectivity index is 1.22. The van der Waals surface area contributed by atoms with Crippen LogP contribution in [0, 0.1) is 0 Å². The van der Waals surface area contributed by atoms with Crippen LogP contribution in [-0.2, 0) is 16.6 Å². The van der Waals surface area contributed by atoms with Gasteiger partial charge in [-0.15, -0.1) is 0 Å². The van der Waals surface area contributed by atoms with E-state index in [1.165, 1.54) is 0 Å². The number of pyridine rings is 1. The Hall–Kier alpha value is -4.42. The molecule has 3 aromatic heterocycles. The summed E-state index contributed by atoms with van der Waals surface area (Å²) in [6.07, 6.45) is 5.16. The van der Waals surface area contributed by atoms with Gasteiger partial charge in [0.15, 0.2) is 5.82 Å². The number of ether oxygens (including phenoxy) is 1. The molecule has 3 saturated heterocycles. The number of hydrogen-bond acceptors (Lipinski definition) is 12. The quantitative estimate of drug-likeness (QED) is 0.257. The zero-order valence-electron chi connectivity index (χ0n) is 24.2. The predicted octanol–water partition coefficient (Wildman–Crippen LogP) is 4.04. The Bertz CT molecular complexity index is 1630. The lowest BCUT2D eigenvalue weighted by Gasteiger charge is -2.46. The SMILES string of the molecule is CC1(C)Cc2nc(Nc3ncc(-c4nc(C56CCN(CC5)CC6)no4)c(N[C@H](CO)c4ccccc4)n3)ccc2C(=O)O1. The van der Waals surface area contributed by atoms with Gasteiger partial charge in [-0.1, -0.05) is 35.5 Å². The number of carbonyl (C=O) groups excluding carboxylic acids is 1. The van der Waals surface area contributed by atoms with Crippen molar-refractivity contribution in [1.82, 2.24) is 30.0 Å². The number of rotatable bonds is 8. The molecule has 8 rings (SSSR count). The van der Waals surface area contributed by atoms with Crippen LogP contribution in [0.25, 0.3) is 11.5 Å². The lowest BCUT2D eigenvalue weighted by molar-refractivity contribution is -0.00714. The normalized spacial score (nSPS) is 22.9. The van der Waals surface area contributed by atoms with Crippen LogP contribution >= 0.6 is 0 Å². The summed E-state index contributed by atoms with van der Waals surface area (Å²) in [6, 6.07) is 12.6. The molecule has 43 heavy (non-hydrogen) atoms. The van der Waals surface area contributed by atoms with Gasteiger partial charge in [-0.3, -0.25) is 0 Å². The Morgan fingerprint density at radius 2 is 1.77 bits per heavy atom. The second kappa shape index (κ2) is 10.7. The zero-order valence-corrected chi connectivity index (χ0v) is 24.2. The van der Waals surface area contributed by atoms with Crippen LogP contribution in [0.1, 0.15) is 66.6 Å². The maximum atomic E-state index is 12.4. The van der Waals surface area contributed by atoms with E-state index < -0.39 is 11.6 Å². The molecule has 7 heterocycles. The standard InChI is InChI=1S/C31H34N8O4/c1-30(2)16-22-20(27(41)42-30)8-9-24(33-22)35-29-32-17-21(25(36-29)34-23(18-40)19-6-4-3-5-7-19)26-37-28(38-43-26)31-10-13-39(14-11-31)15-12-31/h3-9,17,23,40H,10-16,18H2,1-2H3,(H2,32,33,34,35,36)/t23-/m1/s1. The Morgan fingerprint density at radius 3 is 2.51 bits per heavy atom. The molecule has 0 spiro atoms. The van der Waals surface area contributed by atoms with Crippen molar-refractivity contribution in [1.29, 1.82) is 0 Å². The molecule has 1 aromatic carbocycles. The number of carbonyl (C=O) groups is 1. The number of fused-ring (bicyclic) bond motifs is 4. The summed E-state index contributed by atoms with van der Waals surface area (Å²) < 4.78 is 11.3. The van der Waals surface area contributed by atoms with Crippen LogP contribution in [0.2, 0.25) is 0 Å². The minimum atomic E-state index is -0.640. The first-order valence-corrected chi connectivity index (χ1v) is 14.7. The minimum Gasteiger partial charge on any atom is -0.456 e. The second-order valence-electron chi connectivity index (χ2n) is 12.2. The third-order valence-corrected chi connectivity index (χ3v) is 8.73. The van der Waals surface area contributed by atoms with Crippen LogP contribution in [0.5, 0.6) is 0 Å². The maximum absolute atomic E-state index is 12.4. The number of esters is 1. The van der Waals surface area contributed by atoms with Crippen LogP contribution in [-0.4, -0.2) is 72.9 Å². The van der Waals surface area contributed by atoms with Gasteiger partial charge in [-0.25, -0.2) is 14.8 Å².